The highest BCUT2D eigenvalue weighted by atomic mass is 32.1. The highest BCUT2D eigenvalue weighted by Gasteiger charge is 2.35. The second-order valence-electron chi connectivity index (χ2n) is 5.71. The maximum atomic E-state index is 12.7. The monoisotopic (exact) mass is 359 g/mol. The van der Waals surface area contributed by atoms with Crippen LogP contribution in [0, 0.1) is 5.92 Å². The molecule has 0 spiro atoms. The van der Waals surface area contributed by atoms with Gasteiger partial charge in [0, 0.05) is 25.7 Å². The summed E-state index contributed by atoms with van der Waals surface area (Å²) >= 11 is 1.05. The summed E-state index contributed by atoms with van der Waals surface area (Å²) < 4.78 is 43.4. The van der Waals surface area contributed by atoms with Crippen molar-refractivity contribution in [1.82, 2.24) is 24.5 Å². The molecule has 2 aromatic rings. The molecule has 0 fully saturated rings. The average molecular weight is 359 g/mol. The Bertz CT molecular complexity index is 739. The molecule has 0 aliphatic carbocycles. The number of nitrogens with zero attached hydrogens (tertiary/aromatic N) is 4. The number of halogens is 3. The second kappa shape index (κ2) is 6.50. The van der Waals surface area contributed by atoms with Crippen LogP contribution in [-0.4, -0.2) is 31.6 Å². The van der Waals surface area contributed by atoms with Crippen molar-refractivity contribution in [2.75, 3.05) is 6.54 Å². The molecule has 1 amide bonds. The van der Waals surface area contributed by atoms with Crippen molar-refractivity contribution in [3.05, 3.63) is 28.3 Å². The molecule has 130 valence electrons. The molecule has 2 aromatic heterocycles. The fraction of sp³-hybridized carbons (Fsp3) is 0.571. The van der Waals surface area contributed by atoms with Crippen LogP contribution in [0.4, 0.5) is 13.2 Å². The van der Waals surface area contributed by atoms with E-state index in [0.29, 0.717) is 48.7 Å². The van der Waals surface area contributed by atoms with Crippen LogP contribution in [0.2, 0.25) is 0 Å². The first kappa shape index (κ1) is 16.9. The number of carbonyl (C=O) groups excluding carboxylic acids is 1. The third kappa shape index (κ3) is 3.42. The summed E-state index contributed by atoms with van der Waals surface area (Å²) in [5, 5.41) is 6.73. The van der Waals surface area contributed by atoms with Crippen LogP contribution in [-0.2, 0) is 25.6 Å². The number of amides is 1. The van der Waals surface area contributed by atoms with Crippen LogP contribution in [0.25, 0.3) is 0 Å². The van der Waals surface area contributed by atoms with Crippen molar-refractivity contribution in [3.63, 3.8) is 0 Å². The SMILES string of the molecule is CCc1nnsc1C(=O)NCC1CCc2nc(C(F)(F)F)cn2C1. The van der Waals surface area contributed by atoms with E-state index in [1.807, 2.05) is 6.92 Å². The zero-order chi connectivity index (χ0) is 17.3. The molecule has 10 heteroatoms. The van der Waals surface area contributed by atoms with Crippen LogP contribution in [0.15, 0.2) is 6.20 Å². The van der Waals surface area contributed by atoms with Gasteiger partial charge in [-0.15, -0.1) is 5.10 Å². The number of hydrogen-bond acceptors (Lipinski definition) is 5. The minimum absolute atomic E-state index is 0.0719. The number of fused-ring (bicyclic) bond motifs is 1. The van der Waals surface area contributed by atoms with Gasteiger partial charge in [-0.25, -0.2) is 4.98 Å². The maximum absolute atomic E-state index is 12.7. The standard InChI is InChI=1S/C14H16F3N5OS/c1-2-9-12(24-21-20-9)13(23)18-5-8-3-4-11-19-10(14(15,16)17)7-22(11)6-8/h7-8H,2-6H2,1H3,(H,18,23). The number of imidazole rings is 1. The van der Waals surface area contributed by atoms with E-state index in [9.17, 15) is 18.0 Å². The van der Waals surface area contributed by atoms with Crippen LogP contribution in [0.5, 0.6) is 0 Å². The first-order valence-corrected chi connectivity index (χ1v) is 8.38. The van der Waals surface area contributed by atoms with E-state index in [-0.39, 0.29) is 11.8 Å². The molecule has 0 bridgehead atoms. The van der Waals surface area contributed by atoms with Crippen molar-refractivity contribution in [1.29, 1.82) is 0 Å². The largest absolute Gasteiger partial charge is 0.434 e. The third-order valence-corrected chi connectivity index (χ3v) is 4.80. The average Bonchev–Trinajstić information content (AvgIpc) is 3.17. The molecule has 0 aromatic carbocycles. The van der Waals surface area contributed by atoms with Crippen molar-refractivity contribution in [3.8, 4) is 0 Å². The van der Waals surface area contributed by atoms with Gasteiger partial charge >= 0.3 is 6.18 Å². The van der Waals surface area contributed by atoms with E-state index in [2.05, 4.69) is 19.9 Å². The van der Waals surface area contributed by atoms with Gasteiger partial charge in [0.2, 0.25) is 0 Å². The van der Waals surface area contributed by atoms with Gasteiger partial charge in [0.15, 0.2) is 5.69 Å². The highest BCUT2D eigenvalue weighted by molar-refractivity contribution is 7.08. The van der Waals surface area contributed by atoms with E-state index >= 15 is 0 Å². The number of rotatable bonds is 4. The molecule has 1 aliphatic rings. The lowest BCUT2D eigenvalue weighted by molar-refractivity contribution is -0.141. The van der Waals surface area contributed by atoms with Gasteiger partial charge in [0.1, 0.15) is 10.7 Å². The van der Waals surface area contributed by atoms with Crippen molar-refractivity contribution < 1.29 is 18.0 Å². The van der Waals surface area contributed by atoms with Gasteiger partial charge < -0.3 is 9.88 Å². The van der Waals surface area contributed by atoms with Gasteiger partial charge in [-0.05, 0) is 30.3 Å². The van der Waals surface area contributed by atoms with Gasteiger partial charge in [0.05, 0.1) is 5.69 Å². The maximum Gasteiger partial charge on any atom is 0.434 e. The Labute approximate surface area is 140 Å². The highest BCUT2D eigenvalue weighted by Crippen LogP contribution is 2.30. The van der Waals surface area contributed by atoms with E-state index in [4.69, 9.17) is 0 Å². The molecule has 24 heavy (non-hydrogen) atoms. The molecule has 1 aliphatic heterocycles. The summed E-state index contributed by atoms with van der Waals surface area (Å²) in [4.78, 5) is 16.3. The van der Waals surface area contributed by atoms with Gasteiger partial charge in [0.25, 0.3) is 5.91 Å². The number of carbonyl (C=O) groups is 1. The summed E-state index contributed by atoms with van der Waals surface area (Å²) in [6.07, 6.45) is -1.59. The zero-order valence-corrected chi connectivity index (χ0v) is 13.7. The third-order valence-electron chi connectivity index (χ3n) is 4.03. The number of alkyl halides is 3. The Morgan fingerprint density at radius 1 is 1.50 bits per heavy atom. The lowest BCUT2D eigenvalue weighted by Crippen LogP contribution is -2.33. The van der Waals surface area contributed by atoms with Gasteiger partial charge in [-0.3, -0.25) is 4.79 Å². The number of nitrogens with one attached hydrogen (secondary N) is 1. The van der Waals surface area contributed by atoms with Crippen LogP contribution in [0.1, 0.15) is 40.2 Å². The molecule has 0 saturated carbocycles. The summed E-state index contributed by atoms with van der Waals surface area (Å²) in [6.45, 7) is 2.71. The summed E-state index contributed by atoms with van der Waals surface area (Å²) in [7, 11) is 0. The minimum atomic E-state index is -4.43. The smallest absolute Gasteiger partial charge is 0.351 e. The van der Waals surface area contributed by atoms with Gasteiger partial charge in [-0.1, -0.05) is 11.4 Å². The molecule has 1 atom stereocenters. The van der Waals surface area contributed by atoms with E-state index < -0.39 is 11.9 Å². The lowest BCUT2D eigenvalue weighted by atomic mass is 9.99. The van der Waals surface area contributed by atoms with Crippen molar-refractivity contribution in [2.45, 2.75) is 38.9 Å². The van der Waals surface area contributed by atoms with E-state index in [1.54, 1.807) is 0 Å². The summed E-state index contributed by atoms with van der Waals surface area (Å²) in [6, 6.07) is 0. The molecule has 6 nitrogen and oxygen atoms in total. The topological polar surface area (TPSA) is 72.7 Å². The first-order chi connectivity index (χ1) is 11.4. The van der Waals surface area contributed by atoms with Crippen molar-refractivity contribution >= 4 is 17.4 Å². The fourth-order valence-corrected chi connectivity index (χ4v) is 3.41. The Morgan fingerprint density at radius 3 is 3.00 bits per heavy atom. The normalized spacial score (nSPS) is 17.6. The van der Waals surface area contributed by atoms with Crippen molar-refractivity contribution in [2.24, 2.45) is 5.92 Å². The predicted octanol–water partition coefficient (Wildman–Crippen LogP) is 2.31. The predicted molar refractivity (Wildman–Crippen MR) is 80.7 cm³/mol. The first-order valence-electron chi connectivity index (χ1n) is 7.61. The molecule has 3 heterocycles. The second-order valence-corrected chi connectivity index (χ2v) is 6.46. The van der Waals surface area contributed by atoms with E-state index in [1.165, 1.54) is 4.57 Å². The molecular formula is C14H16F3N5OS. The minimum Gasteiger partial charge on any atom is -0.351 e. The molecular weight excluding hydrogens is 343 g/mol. The van der Waals surface area contributed by atoms with Crippen LogP contribution < -0.4 is 5.32 Å². The number of aryl methyl sites for hydroxylation is 2. The van der Waals surface area contributed by atoms with Crippen LogP contribution in [0.3, 0.4) is 0 Å². The molecule has 0 saturated heterocycles. The number of aromatic nitrogens is 4. The molecule has 1 unspecified atom stereocenters. The Kier molecular flexibility index (Phi) is 4.57. The fourth-order valence-electron chi connectivity index (χ4n) is 2.75. The number of hydrogen-bond donors (Lipinski definition) is 1. The summed E-state index contributed by atoms with van der Waals surface area (Å²) in [5.74, 6) is 0.293. The Hall–Kier alpha value is -1.97. The quantitative estimate of drug-likeness (QED) is 0.909. The summed E-state index contributed by atoms with van der Waals surface area (Å²) in [5.41, 5.74) is -0.196. The zero-order valence-electron chi connectivity index (χ0n) is 12.9. The Balaban J connectivity index is 1.60. The van der Waals surface area contributed by atoms with Gasteiger partial charge in [-0.2, -0.15) is 13.2 Å². The molecule has 0 radical (unpaired) electrons. The molecule has 3 rings (SSSR count). The lowest BCUT2D eigenvalue weighted by Gasteiger charge is -2.23. The Morgan fingerprint density at radius 2 is 2.29 bits per heavy atom. The van der Waals surface area contributed by atoms with E-state index in [0.717, 1.165) is 17.7 Å². The molecule has 1 N–H and O–H groups in total. The van der Waals surface area contributed by atoms with Crippen LogP contribution >= 0.6 is 11.5 Å².